The van der Waals surface area contributed by atoms with Gasteiger partial charge in [-0.05, 0) is 48.9 Å². The fourth-order valence-corrected chi connectivity index (χ4v) is 3.56. The second kappa shape index (κ2) is 5.39. The Morgan fingerprint density at radius 3 is 3.11 bits per heavy atom. The third-order valence-electron chi connectivity index (χ3n) is 3.51. The summed E-state index contributed by atoms with van der Waals surface area (Å²) in [5.74, 6) is 0.901. The Balaban J connectivity index is 1.81. The first-order valence-electron chi connectivity index (χ1n) is 6.44. The standard InChI is InChI=1S/C15H16FNOS/c1-10(11-4-6-18-9-11)17-14-5-7-19-15-3-2-12(16)8-13(14)15/h2-4,6,8-10,14,17H,5,7H2,1H3. The summed E-state index contributed by atoms with van der Waals surface area (Å²) in [5, 5.41) is 3.56. The summed E-state index contributed by atoms with van der Waals surface area (Å²) in [6.07, 6.45) is 4.45. The zero-order valence-corrected chi connectivity index (χ0v) is 11.5. The number of hydrogen-bond donors (Lipinski definition) is 1. The number of hydrogen-bond acceptors (Lipinski definition) is 3. The van der Waals surface area contributed by atoms with Gasteiger partial charge in [-0.25, -0.2) is 4.39 Å². The molecule has 1 N–H and O–H groups in total. The van der Waals surface area contributed by atoms with E-state index in [4.69, 9.17) is 4.42 Å². The van der Waals surface area contributed by atoms with Crippen LogP contribution in [0, 0.1) is 5.82 Å². The van der Waals surface area contributed by atoms with Crippen LogP contribution in [0.15, 0.2) is 46.1 Å². The molecule has 2 unspecified atom stereocenters. The first-order valence-corrected chi connectivity index (χ1v) is 7.43. The van der Waals surface area contributed by atoms with E-state index in [-0.39, 0.29) is 17.9 Å². The van der Waals surface area contributed by atoms with E-state index in [0.717, 1.165) is 23.3 Å². The minimum atomic E-state index is -0.163. The molecule has 0 fully saturated rings. The third-order valence-corrected chi connectivity index (χ3v) is 4.63. The third kappa shape index (κ3) is 2.69. The molecule has 1 aromatic heterocycles. The minimum absolute atomic E-state index is 0.163. The molecule has 1 aliphatic rings. The molecule has 0 amide bonds. The molecule has 2 heterocycles. The molecule has 0 bridgehead atoms. The Kier molecular flexibility index (Phi) is 3.62. The molecule has 3 rings (SSSR count). The van der Waals surface area contributed by atoms with Crippen molar-refractivity contribution in [2.45, 2.75) is 30.3 Å². The molecular weight excluding hydrogens is 261 g/mol. The zero-order valence-electron chi connectivity index (χ0n) is 10.7. The molecule has 2 aromatic rings. The molecule has 1 aliphatic heterocycles. The molecule has 1 aromatic carbocycles. The highest BCUT2D eigenvalue weighted by atomic mass is 32.2. The van der Waals surface area contributed by atoms with Gasteiger partial charge in [-0.15, -0.1) is 11.8 Å². The van der Waals surface area contributed by atoms with E-state index in [1.165, 1.54) is 11.0 Å². The average Bonchev–Trinajstić information content (AvgIpc) is 2.93. The topological polar surface area (TPSA) is 25.2 Å². The first-order chi connectivity index (χ1) is 9.24. The average molecular weight is 277 g/mol. The van der Waals surface area contributed by atoms with Gasteiger partial charge in [0.15, 0.2) is 0 Å². The van der Waals surface area contributed by atoms with Crippen LogP contribution in [0.2, 0.25) is 0 Å². The summed E-state index contributed by atoms with van der Waals surface area (Å²) in [5.41, 5.74) is 2.20. The van der Waals surface area contributed by atoms with Crippen molar-refractivity contribution in [2.24, 2.45) is 0 Å². The first kappa shape index (κ1) is 12.8. The maximum atomic E-state index is 13.4. The lowest BCUT2D eigenvalue weighted by Gasteiger charge is -2.28. The lowest BCUT2D eigenvalue weighted by Crippen LogP contribution is -2.27. The Morgan fingerprint density at radius 2 is 2.32 bits per heavy atom. The summed E-state index contributed by atoms with van der Waals surface area (Å²) < 4.78 is 18.5. The number of nitrogens with one attached hydrogen (secondary N) is 1. The minimum Gasteiger partial charge on any atom is -0.472 e. The second-order valence-electron chi connectivity index (χ2n) is 4.82. The molecule has 19 heavy (non-hydrogen) atoms. The van der Waals surface area contributed by atoms with Crippen LogP contribution in [0.25, 0.3) is 0 Å². The van der Waals surface area contributed by atoms with Crippen molar-refractivity contribution in [1.82, 2.24) is 5.32 Å². The molecule has 0 spiro atoms. The second-order valence-corrected chi connectivity index (χ2v) is 5.95. The molecular formula is C15H16FNOS. The van der Waals surface area contributed by atoms with Crippen LogP contribution >= 0.6 is 11.8 Å². The Labute approximate surface area is 116 Å². The Morgan fingerprint density at radius 1 is 1.42 bits per heavy atom. The summed E-state index contributed by atoms with van der Waals surface area (Å²) in [6, 6.07) is 7.43. The van der Waals surface area contributed by atoms with Gasteiger partial charge in [0.25, 0.3) is 0 Å². The van der Waals surface area contributed by atoms with Crippen LogP contribution in [0.1, 0.15) is 36.6 Å². The number of thioether (sulfide) groups is 1. The fraction of sp³-hybridized carbons (Fsp3) is 0.333. The zero-order chi connectivity index (χ0) is 13.2. The molecule has 100 valence electrons. The van der Waals surface area contributed by atoms with Crippen molar-refractivity contribution in [3.8, 4) is 0 Å². The SMILES string of the molecule is CC(NC1CCSc2ccc(F)cc21)c1ccoc1. The molecule has 2 atom stereocenters. The predicted molar refractivity (Wildman–Crippen MR) is 74.7 cm³/mol. The van der Waals surface area contributed by atoms with E-state index >= 15 is 0 Å². The Hall–Kier alpha value is -1.26. The quantitative estimate of drug-likeness (QED) is 0.905. The monoisotopic (exact) mass is 277 g/mol. The lowest BCUT2D eigenvalue weighted by atomic mass is 10.0. The van der Waals surface area contributed by atoms with Crippen LogP contribution in [0.4, 0.5) is 4.39 Å². The van der Waals surface area contributed by atoms with Gasteiger partial charge in [0.2, 0.25) is 0 Å². The number of furan rings is 1. The smallest absolute Gasteiger partial charge is 0.123 e. The molecule has 2 nitrogen and oxygen atoms in total. The van der Waals surface area contributed by atoms with E-state index in [1.54, 1.807) is 30.4 Å². The Bertz CT molecular complexity index is 555. The van der Waals surface area contributed by atoms with Crippen molar-refractivity contribution in [3.05, 3.63) is 53.7 Å². The van der Waals surface area contributed by atoms with Crippen LogP contribution < -0.4 is 5.32 Å². The maximum Gasteiger partial charge on any atom is 0.123 e. The molecule has 0 saturated carbocycles. The van der Waals surface area contributed by atoms with Gasteiger partial charge in [-0.2, -0.15) is 0 Å². The molecule has 0 aliphatic carbocycles. The lowest BCUT2D eigenvalue weighted by molar-refractivity contribution is 0.443. The van der Waals surface area contributed by atoms with Gasteiger partial charge >= 0.3 is 0 Å². The highest BCUT2D eigenvalue weighted by Gasteiger charge is 2.23. The van der Waals surface area contributed by atoms with Crippen LogP contribution in [0.3, 0.4) is 0 Å². The summed E-state index contributed by atoms with van der Waals surface area (Å²) >= 11 is 1.80. The van der Waals surface area contributed by atoms with E-state index in [9.17, 15) is 4.39 Å². The molecule has 4 heteroatoms. The van der Waals surface area contributed by atoms with Gasteiger partial charge in [-0.1, -0.05) is 0 Å². The summed E-state index contributed by atoms with van der Waals surface area (Å²) in [4.78, 5) is 1.18. The van der Waals surface area contributed by atoms with Crippen molar-refractivity contribution in [2.75, 3.05) is 5.75 Å². The van der Waals surface area contributed by atoms with Gasteiger partial charge < -0.3 is 9.73 Å². The predicted octanol–water partition coefficient (Wildman–Crippen LogP) is 4.31. The molecule has 0 radical (unpaired) electrons. The van der Waals surface area contributed by atoms with Crippen LogP contribution in [-0.2, 0) is 0 Å². The van der Waals surface area contributed by atoms with E-state index < -0.39 is 0 Å². The largest absolute Gasteiger partial charge is 0.472 e. The highest BCUT2D eigenvalue weighted by molar-refractivity contribution is 7.99. The van der Waals surface area contributed by atoms with Crippen molar-refractivity contribution >= 4 is 11.8 Å². The number of rotatable bonds is 3. The number of halogens is 1. The van der Waals surface area contributed by atoms with Gasteiger partial charge in [0.1, 0.15) is 5.82 Å². The van der Waals surface area contributed by atoms with E-state index in [1.807, 2.05) is 12.1 Å². The van der Waals surface area contributed by atoms with Crippen molar-refractivity contribution in [1.29, 1.82) is 0 Å². The summed E-state index contributed by atoms with van der Waals surface area (Å²) in [7, 11) is 0. The van der Waals surface area contributed by atoms with Crippen molar-refractivity contribution < 1.29 is 8.81 Å². The molecule has 0 saturated heterocycles. The van der Waals surface area contributed by atoms with Gasteiger partial charge in [0.05, 0.1) is 12.5 Å². The number of benzene rings is 1. The maximum absolute atomic E-state index is 13.4. The fourth-order valence-electron chi connectivity index (χ4n) is 2.46. The van der Waals surface area contributed by atoms with Crippen LogP contribution in [0.5, 0.6) is 0 Å². The van der Waals surface area contributed by atoms with Gasteiger partial charge in [0, 0.05) is 22.5 Å². The normalized spacial score (nSPS) is 20.0. The van der Waals surface area contributed by atoms with E-state index in [0.29, 0.717) is 0 Å². The highest BCUT2D eigenvalue weighted by Crippen LogP contribution is 2.37. The van der Waals surface area contributed by atoms with Crippen molar-refractivity contribution in [3.63, 3.8) is 0 Å². The van der Waals surface area contributed by atoms with Gasteiger partial charge in [-0.3, -0.25) is 0 Å². The van der Waals surface area contributed by atoms with Crippen LogP contribution in [-0.4, -0.2) is 5.75 Å². The van der Waals surface area contributed by atoms with E-state index in [2.05, 4.69) is 12.2 Å². The number of fused-ring (bicyclic) bond motifs is 1. The summed E-state index contributed by atoms with van der Waals surface area (Å²) in [6.45, 7) is 2.10.